The van der Waals surface area contributed by atoms with Crippen molar-refractivity contribution in [3.8, 4) is 5.75 Å². The second kappa shape index (κ2) is 2.90. The topological polar surface area (TPSA) is 52.3 Å². The number of oxazole rings is 1. The first kappa shape index (κ1) is 7.79. The molecule has 0 spiro atoms. The van der Waals surface area contributed by atoms with Gasteiger partial charge in [-0.3, -0.25) is 4.79 Å². The highest BCUT2D eigenvalue weighted by Crippen LogP contribution is 2.20. The first-order valence-electron chi connectivity index (χ1n) is 3.77. The third-order valence-corrected chi connectivity index (χ3v) is 1.65. The molecule has 2 rings (SSSR count). The highest BCUT2D eigenvalue weighted by atomic mass is 16.5. The molecule has 0 N–H and O–H groups in total. The molecule has 0 aliphatic carbocycles. The zero-order valence-electron chi connectivity index (χ0n) is 6.98. The highest BCUT2D eigenvalue weighted by Gasteiger charge is 2.02. The van der Waals surface area contributed by atoms with Gasteiger partial charge in [0.25, 0.3) is 6.47 Å². The molecular formula is C9H7NO3. The molecule has 1 aromatic heterocycles. The maximum absolute atomic E-state index is 10.0. The van der Waals surface area contributed by atoms with Gasteiger partial charge in [-0.05, 0) is 12.1 Å². The van der Waals surface area contributed by atoms with Crippen molar-refractivity contribution in [2.24, 2.45) is 0 Å². The molecule has 1 heterocycles. The van der Waals surface area contributed by atoms with Crippen molar-refractivity contribution >= 4 is 17.6 Å². The number of benzene rings is 1. The number of rotatable bonds is 2. The Morgan fingerprint density at radius 3 is 3.15 bits per heavy atom. The van der Waals surface area contributed by atoms with Crippen LogP contribution in [0.4, 0.5) is 0 Å². The summed E-state index contributed by atoms with van der Waals surface area (Å²) >= 11 is 0. The second-order valence-electron chi connectivity index (χ2n) is 2.58. The molecule has 4 nitrogen and oxygen atoms in total. The van der Waals surface area contributed by atoms with Crippen LogP contribution in [-0.4, -0.2) is 11.5 Å². The van der Waals surface area contributed by atoms with Crippen molar-refractivity contribution in [3.05, 3.63) is 24.1 Å². The van der Waals surface area contributed by atoms with Crippen molar-refractivity contribution in [2.45, 2.75) is 6.92 Å². The number of hydrogen-bond acceptors (Lipinski definition) is 4. The zero-order valence-corrected chi connectivity index (χ0v) is 6.98. The van der Waals surface area contributed by atoms with E-state index in [4.69, 9.17) is 4.42 Å². The maximum Gasteiger partial charge on any atom is 0.298 e. The van der Waals surface area contributed by atoms with Crippen LogP contribution in [0.1, 0.15) is 5.89 Å². The van der Waals surface area contributed by atoms with Gasteiger partial charge in [-0.25, -0.2) is 4.98 Å². The van der Waals surface area contributed by atoms with Gasteiger partial charge in [0.2, 0.25) is 0 Å². The van der Waals surface area contributed by atoms with E-state index in [0.29, 0.717) is 29.2 Å². The van der Waals surface area contributed by atoms with Crippen LogP contribution in [0.2, 0.25) is 0 Å². The lowest BCUT2D eigenvalue weighted by Gasteiger charge is -1.94. The smallest absolute Gasteiger partial charge is 0.298 e. The lowest BCUT2D eigenvalue weighted by molar-refractivity contribution is -0.120. The summed E-state index contributed by atoms with van der Waals surface area (Å²) in [5.74, 6) is 1.06. The predicted octanol–water partition coefficient (Wildman–Crippen LogP) is 1.67. The molecule has 0 saturated heterocycles. The molecule has 0 unspecified atom stereocenters. The maximum atomic E-state index is 10.0. The fraction of sp³-hybridized carbons (Fsp3) is 0.111. The van der Waals surface area contributed by atoms with Crippen LogP contribution in [0.5, 0.6) is 5.75 Å². The number of carbonyl (C=O) groups is 1. The van der Waals surface area contributed by atoms with Gasteiger partial charge in [-0.1, -0.05) is 0 Å². The molecule has 0 saturated carbocycles. The normalized spacial score (nSPS) is 10.2. The second-order valence-corrected chi connectivity index (χ2v) is 2.58. The minimum atomic E-state index is 0.383. The fourth-order valence-electron chi connectivity index (χ4n) is 1.15. The van der Waals surface area contributed by atoms with Crippen LogP contribution in [0.15, 0.2) is 22.6 Å². The van der Waals surface area contributed by atoms with E-state index in [1.54, 1.807) is 25.1 Å². The first-order chi connectivity index (χ1) is 6.29. The highest BCUT2D eigenvalue weighted by molar-refractivity contribution is 5.74. The molecule has 66 valence electrons. The molecular weight excluding hydrogens is 170 g/mol. The molecule has 0 fully saturated rings. The summed E-state index contributed by atoms with van der Waals surface area (Å²) in [5, 5.41) is 0. The summed E-state index contributed by atoms with van der Waals surface area (Å²) in [5.41, 5.74) is 1.38. The SMILES string of the molecule is Cc1nc2cc(OC=O)ccc2o1. The van der Waals surface area contributed by atoms with Crippen molar-refractivity contribution in [1.29, 1.82) is 0 Å². The Bertz CT molecular complexity index is 447. The van der Waals surface area contributed by atoms with Crippen LogP contribution in [0.25, 0.3) is 11.1 Å². The minimum Gasteiger partial charge on any atom is -0.441 e. The average Bonchev–Trinajstić information content (AvgIpc) is 2.44. The monoisotopic (exact) mass is 177 g/mol. The van der Waals surface area contributed by atoms with E-state index in [1.165, 1.54) is 0 Å². The number of fused-ring (bicyclic) bond motifs is 1. The lowest BCUT2D eigenvalue weighted by atomic mass is 10.3. The summed E-state index contributed by atoms with van der Waals surface area (Å²) in [6.07, 6.45) is 0. The molecule has 0 aliphatic heterocycles. The lowest BCUT2D eigenvalue weighted by Crippen LogP contribution is -1.87. The third kappa shape index (κ3) is 1.38. The standard InChI is InChI=1S/C9H7NO3/c1-6-10-8-4-7(12-5-11)2-3-9(8)13-6/h2-5H,1H3. The third-order valence-electron chi connectivity index (χ3n) is 1.65. The quantitative estimate of drug-likeness (QED) is 0.655. The van der Waals surface area contributed by atoms with Gasteiger partial charge in [0, 0.05) is 13.0 Å². The van der Waals surface area contributed by atoms with E-state index >= 15 is 0 Å². The number of aryl methyl sites for hydroxylation is 1. The molecule has 1 aromatic carbocycles. The van der Waals surface area contributed by atoms with Crippen molar-refractivity contribution in [3.63, 3.8) is 0 Å². The Balaban J connectivity index is 2.54. The Morgan fingerprint density at radius 2 is 2.38 bits per heavy atom. The van der Waals surface area contributed by atoms with Gasteiger partial charge >= 0.3 is 0 Å². The van der Waals surface area contributed by atoms with Gasteiger partial charge in [0.05, 0.1) is 0 Å². The van der Waals surface area contributed by atoms with Gasteiger partial charge in [0.15, 0.2) is 11.5 Å². The number of aromatic nitrogens is 1. The Kier molecular flexibility index (Phi) is 1.73. The minimum absolute atomic E-state index is 0.383. The van der Waals surface area contributed by atoms with E-state index in [-0.39, 0.29) is 0 Å². The van der Waals surface area contributed by atoms with Gasteiger partial charge in [-0.2, -0.15) is 0 Å². The van der Waals surface area contributed by atoms with Crippen LogP contribution < -0.4 is 4.74 Å². The van der Waals surface area contributed by atoms with E-state index in [1.807, 2.05) is 0 Å². The number of ether oxygens (including phenoxy) is 1. The van der Waals surface area contributed by atoms with Crippen molar-refractivity contribution < 1.29 is 13.9 Å². The van der Waals surface area contributed by atoms with E-state index in [2.05, 4.69) is 9.72 Å². The van der Waals surface area contributed by atoms with E-state index in [9.17, 15) is 4.79 Å². The Morgan fingerprint density at radius 1 is 1.54 bits per heavy atom. The molecule has 13 heavy (non-hydrogen) atoms. The molecule has 0 aliphatic rings. The molecule has 4 heteroatoms. The summed E-state index contributed by atoms with van der Waals surface area (Å²) in [6.45, 7) is 2.15. The Labute approximate surface area is 74.1 Å². The average molecular weight is 177 g/mol. The van der Waals surface area contributed by atoms with Crippen LogP contribution in [0, 0.1) is 6.92 Å². The number of hydrogen-bond donors (Lipinski definition) is 0. The Hall–Kier alpha value is -1.84. The molecule has 0 radical (unpaired) electrons. The number of carbonyl (C=O) groups excluding carboxylic acids is 1. The predicted molar refractivity (Wildman–Crippen MR) is 45.4 cm³/mol. The number of nitrogens with zero attached hydrogens (tertiary/aromatic N) is 1. The summed E-state index contributed by atoms with van der Waals surface area (Å²) in [4.78, 5) is 14.1. The summed E-state index contributed by atoms with van der Waals surface area (Å²) in [7, 11) is 0. The summed E-state index contributed by atoms with van der Waals surface area (Å²) in [6, 6.07) is 5.02. The summed E-state index contributed by atoms with van der Waals surface area (Å²) < 4.78 is 9.91. The molecule has 0 bridgehead atoms. The van der Waals surface area contributed by atoms with Crippen LogP contribution >= 0.6 is 0 Å². The van der Waals surface area contributed by atoms with Crippen LogP contribution in [-0.2, 0) is 4.79 Å². The van der Waals surface area contributed by atoms with Gasteiger partial charge in [-0.15, -0.1) is 0 Å². The van der Waals surface area contributed by atoms with Crippen molar-refractivity contribution in [2.75, 3.05) is 0 Å². The van der Waals surface area contributed by atoms with Crippen LogP contribution in [0.3, 0.4) is 0 Å². The fourth-order valence-corrected chi connectivity index (χ4v) is 1.15. The van der Waals surface area contributed by atoms with Crippen molar-refractivity contribution in [1.82, 2.24) is 4.98 Å². The largest absolute Gasteiger partial charge is 0.441 e. The molecule has 0 amide bonds. The molecule has 2 aromatic rings. The van der Waals surface area contributed by atoms with Gasteiger partial charge in [0.1, 0.15) is 11.3 Å². The zero-order chi connectivity index (χ0) is 9.26. The van der Waals surface area contributed by atoms with E-state index in [0.717, 1.165) is 0 Å². The van der Waals surface area contributed by atoms with E-state index < -0.39 is 0 Å². The molecule has 0 atom stereocenters. The first-order valence-corrected chi connectivity index (χ1v) is 3.77. The van der Waals surface area contributed by atoms with Gasteiger partial charge < -0.3 is 9.15 Å².